The quantitative estimate of drug-likeness (QED) is 0.873. The zero-order valence-corrected chi connectivity index (χ0v) is 13.5. The summed E-state index contributed by atoms with van der Waals surface area (Å²) in [6.07, 6.45) is 2.43. The number of halogens is 2. The third-order valence-electron chi connectivity index (χ3n) is 4.04. The predicted octanol–water partition coefficient (Wildman–Crippen LogP) is 3.16. The van der Waals surface area contributed by atoms with E-state index in [1.54, 1.807) is 31.0 Å². The van der Waals surface area contributed by atoms with Crippen molar-refractivity contribution in [2.24, 2.45) is 0 Å². The van der Waals surface area contributed by atoms with Crippen LogP contribution in [0.4, 0.5) is 19.3 Å². The normalized spacial score (nSPS) is 15.0. The number of carbonyl (C=O) groups is 1. The van der Waals surface area contributed by atoms with E-state index in [9.17, 15) is 13.6 Å². The third kappa shape index (κ3) is 5.06. The highest BCUT2D eigenvalue weighted by Gasteiger charge is 2.16. The fraction of sp³-hybridized carbons (Fsp3) is 0.562. The highest BCUT2D eigenvalue weighted by atomic mass is 19.3. The van der Waals surface area contributed by atoms with Gasteiger partial charge in [-0.2, -0.15) is 8.78 Å². The number of urea groups is 1. The molecule has 1 N–H and O–H groups in total. The molecule has 0 aliphatic carbocycles. The molecule has 1 saturated heterocycles. The highest BCUT2D eigenvalue weighted by molar-refractivity contribution is 5.90. The van der Waals surface area contributed by atoms with Gasteiger partial charge in [0.25, 0.3) is 0 Å². The lowest BCUT2D eigenvalue weighted by Crippen LogP contribution is -2.37. The van der Waals surface area contributed by atoms with Gasteiger partial charge in [-0.05, 0) is 45.0 Å². The van der Waals surface area contributed by atoms with Gasteiger partial charge in [-0.15, -0.1) is 0 Å². The Balaban J connectivity index is 1.90. The van der Waals surface area contributed by atoms with Crippen molar-refractivity contribution in [1.29, 1.82) is 0 Å². The van der Waals surface area contributed by atoms with Crippen LogP contribution in [0.25, 0.3) is 0 Å². The molecule has 1 aromatic carbocycles. The number of carbonyl (C=O) groups excluding carboxylic acids is 1. The summed E-state index contributed by atoms with van der Waals surface area (Å²) in [6.45, 7) is 2.39. The summed E-state index contributed by atoms with van der Waals surface area (Å²) in [7, 11) is 1.72. The van der Waals surface area contributed by atoms with Gasteiger partial charge in [0.15, 0.2) is 0 Å². The minimum atomic E-state index is -2.89. The van der Waals surface area contributed by atoms with Gasteiger partial charge in [0.1, 0.15) is 5.75 Å². The number of ether oxygens (including phenoxy) is 1. The molecule has 0 saturated carbocycles. The molecule has 2 amide bonds. The first-order chi connectivity index (χ1) is 11.0. The van der Waals surface area contributed by atoms with E-state index in [0.29, 0.717) is 17.8 Å². The molecule has 23 heavy (non-hydrogen) atoms. The fourth-order valence-electron chi connectivity index (χ4n) is 2.58. The lowest BCUT2D eigenvalue weighted by atomic mass is 10.2. The van der Waals surface area contributed by atoms with Crippen molar-refractivity contribution in [3.63, 3.8) is 0 Å². The number of benzene rings is 1. The van der Waals surface area contributed by atoms with Crippen molar-refractivity contribution in [2.75, 3.05) is 38.5 Å². The molecule has 2 rings (SSSR count). The predicted molar refractivity (Wildman–Crippen MR) is 85.1 cm³/mol. The van der Waals surface area contributed by atoms with Crippen LogP contribution >= 0.6 is 0 Å². The van der Waals surface area contributed by atoms with E-state index in [2.05, 4.69) is 15.0 Å². The second kappa shape index (κ2) is 8.10. The lowest BCUT2D eigenvalue weighted by molar-refractivity contribution is -0.0502. The van der Waals surface area contributed by atoms with E-state index in [0.717, 1.165) is 19.6 Å². The average molecular weight is 327 g/mol. The minimum Gasteiger partial charge on any atom is -0.434 e. The largest absolute Gasteiger partial charge is 0.434 e. The van der Waals surface area contributed by atoms with Crippen LogP contribution in [0.15, 0.2) is 18.2 Å². The van der Waals surface area contributed by atoms with Gasteiger partial charge < -0.3 is 19.9 Å². The molecule has 0 aromatic heterocycles. The van der Waals surface area contributed by atoms with Crippen LogP contribution in [0.3, 0.4) is 0 Å². The molecule has 0 unspecified atom stereocenters. The molecule has 0 spiro atoms. The van der Waals surface area contributed by atoms with Crippen LogP contribution in [0, 0.1) is 6.92 Å². The molecule has 128 valence electrons. The van der Waals surface area contributed by atoms with E-state index in [-0.39, 0.29) is 11.8 Å². The first kappa shape index (κ1) is 17.5. The second-order valence-electron chi connectivity index (χ2n) is 5.71. The minimum absolute atomic E-state index is 0.0671. The molecule has 7 heteroatoms. The monoisotopic (exact) mass is 327 g/mol. The summed E-state index contributed by atoms with van der Waals surface area (Å²) in [5, 5.41) is 2.74. The maximum absolute atomic E-state index is 12.3. The standard InChI is InChI=1S/C16H23F2N3O2/c1-12-13(6-5-7-14(12)23-15(17)18)19-16(22)20(2)10-11-21-8-3-4-9-21/h5-7,15H,3-4,8-11H2,1-2H3,(H,19,22). The van der Waals surface area contributed by atoms with Gasteiger partial charge in [0.2, 0.25) is 0 Å². The van der Waals surface area contributed by atoms with Gasteiger partial charge in [-0.3, -0.25) is 0 Å². The molecule has 0 atom stereocenters. The van der Waals surface area contributed by atoms with Gasteiger partial charge in [-0.25, -0.2) is 4.79 Å². The number of anilines is 1. The van der Waals surface area contributed by atoms with E-state index in [1.165, 1.54) is 18.9 Å². The summed E-state index contributed by atoms with van der Waals surface area (Å²) < 4.78 is 29.1. The van der Waals surface area contributed by atoms with E-state index >= 15 is 0 Å². The van der Waals surface area contributed by atoms with Gasteiger partial charge in [0.05, 0.1) is 0 Å². The van der Waals surface area contributed by atoms with Gasteiger partial charge in [0, 0.05) is 31.4 Å². The number of hydrogen-bond acceptors (Lipinski definition) is 3. The second-order valence-corrected chi connectivity index (χ2v) is 5.71. The molecular formula is C16H23F2N3O2. The molecule has 0 radical (unpaired) electrons. The van der Waals surface area contributed by atoms with Crippen molar-refractivity contribution >= 4 is 11.7 Å². The Hall–Kier alpha value is -1.89. The Morgan fingerprint density at radius 3 is 2.74 bits per heavy atom. The zero-order valence-electron chi connectivity index (χ0n) is 13.5. The molecular weight excluding hydrogens is 304 g/mol. The topological polar surface area (TPSA) is 44.8 Å². The number of nitrogens with one attached hydrogen (secondary N) is 1. The summed E-state index contributed by atoms with van der Waals surface area (Å²) in [5.74, 6) is 0.0671. The van der Waals surface area contributed by atoms with E-state index in [4.69, 9.17) is 0 Å². The Bertz CT molecular complexity index is 534. The van der Waals surface area contributed by atoms with E-state index < -0.39 is 6.61 Å². The van der Waals surface area contributed by atoms with Crippen LogP contribution in [0.2, 0.25) is 0 Å². The summed E-state index contributed by atoms with van der Waals surface area (Å²) in [5.41, 5.74) is 0.954. The highest BCUT2D eigenvalue weighted by Crippen LogP contribution is 2.26. The summed E-state index contributed by atoms with van der Waals surface area (Å²) in [6, 6.07) is 4.43. The third-order valence-corrected chi connectivity index (χ3v) is 4.04. The lowest BCUT2D eigenvalue weighted by Gasteiger charge is -2.22. The number of amides is 2. The average Bonchev–Trinajstić information content (AvgIpc) is 3.01. The number of likely N-dealkylation sites (N-methyl/N-ethyl adjacent to an activating group) is 1. The van der Waals surface area contributed by atoms with Crippen LogP contribution < -0.4 is 10.1 Å². The number of nitrogens with zero attached hydrogens (tertiary/aromatic N) is 2. The molecule has 1 aliphatic heterocycles. The Labute approximate surface area is 135 Å². The Kier molecular flexibility index (Phi) is 6.15. The maximum atomic E-state index is 12.3. The first-order valence-electron chi connectivity index (χ1n) is 7.76. The van der Waals surface area contributed by atoms with Gasteiger partial charge >= 0.3 is 12.6 Å². The molecule has 1 fully saturated rings. The van der Waals surface area contributed by atoms with Crippen molar-refractivity contribution in [1.82, 2.24) is 9.80 Å². The fourth-order valence-corrected chi connectivity index (χ4v) is 2.58. The molecule has 0 bridgehead atoms. The van der Waals surface area contributed by atoms with Crippen LogP contribution in [0.1, 0.15) is 18.4 Å². The van der Waals surface area contributed by atoms with Crippen LogP contribution in [-0.2, 0) is 0 Å². The Morgan fingerprint density at radius 1 is 1.39 bits per heavy atom. The Morgan fingerprint density at radius 2 is 2.09 bits per heavy atom. The molecule has 1 heterocycles. The van der Waals surface area contributed by atoms with Crippen molar-refractivity contribution in [3.05, 3.63) is 23.8 Å². The smallest absolute Gasteiger partial charge is 0.387 e. The van der Waals surface area contributed by atoms with E-state index in [1.807, 2.05) is 0 Å². The molecule has 1 aliphatic rings. The van der Waals surface area contributed by atoms with Crippen molar-refractivity contribution in [2.45, 2.75) is 26.4 Å². The van der Waals surface area contributed by atoms with Crippen molar-refractivity contribution in [3.8, 4) is 5.75 Å². The maximum Gasteiger partial charge on any atom is 0.387 e. The number of rotatable bonds is 6. The SMILES string of the molecule is Cc1c(NC(=O)N(C)CCN2CCCC2)cccc1OC(F)F. The summed E-state index contributed by atoms with van der Waals surface area (Å²) in [4.78, 5) is 16.1. The number of likely N-dealkylation sites (tertiary alicyclic amines) is 1. The first-order valence-corrected chi connectivity index (χ1v) is 7.76. The summed E-state index contributed by atoms with van der Waals surface area (Å²) >= 11 is 0. The van der Waals surface area contributed by atoms with Gasteiger partial charge in [-0.1, -0.05) is 6.07 Å². The number of hydrogen-bond donors (Lipinski definition) is 1. The molecule has 1 aromatic rings. The van der Waals surface area contributed by atoms with Crippen LogP contribution in [0.5, 0.6) is 5.75 Å². The number of alkyl halides is 2. The van der Waals surface area contributed by atoms with Crippen molar-refractivity contribution < 1.29 is 18.3 Å². The zero-order chi connectivity index (χ0) is 16.8. The van der Waals surface area contributed by atoms with Crippen LogP contribution in [-0.4, -0.2) is 55.7 Å². The molecule has 5 nitrogen and oxygen atoms in total.